The van der Waals surface area contributed by atoms with E-state index in [1.54, 1.807) is 21.4 Å². The van der Waals surface area contributed by atoms with Crippen molar-refractivity contribution in [2.45, 2.75) is 72.1 Å². The number of carbonyl (C=O) groups is 1. The third kappa shape index (κ3) is 8.04. The number of benzene rings is 2. The molecule has 200 valence electrons. The van der Waals surface area contributed by atoms with Crippen LogP contribution in [0.2, 0.25) is 0 Å². The Labute approximate surface area is 218 Å². The van der Waals surface area contributed by atoms with Gasteiger partial charge in [-0.05, 0) is 63.3 Å². The second-order valence-electron chi connectivity index (χ2n) is 9.81. The van der Waals surface area contributed by atoms with Crippen LogP contribution in [0.15, 0.2) is 53.3 Å². The van der Waals surface area contributed by atoms with Crippen molar-refractivity contribution >= 4 is 15.9 Å². The summed E-state index contributed by atoms with van der Waals surface area (Å²) in [5.41, 5.74) is 1.86. The Morgan fingerprint density at radius 3 is 2.24 bits per heavy atom. The van der Waals surface area contributed by atoms with Gasteiger partial charge in [-0.15, -0.1) is 0 Å². The molecule has 0 fully saturated rings. The Morgan fingerprint density at radius 1 is 1.03 bits per heavy atom. The average molecular weight is 529 g/mol. The lowest BCUT2D eigenvalue weighted by Gasteiger charge is -2.24. The molecule has 0 bridgehead atoms. The predicted molar refractivity (Wildman–Crippen MR) is 143 cm³/mol. The van der Waals surface area contributed by atoms with Crippen LogP contribution in [-0.4, -0.2) is 40.5 Å². The topological polar surface area (TPSA) is 112 Å². The summed E-state index contributed by atoms with van der Waals surface area (Å²) in [5.74, 6) is 0.514. The molecule has 0 radical (unpaired) electrons. The molecule has 1 aromatic heterocycles. The van der Waals surface area contributed by atoms with Gasteiger partial charge in [0.2, 0.25) is 10.0 Å². The number of nitrogens with one attached hydrogen (secondary N) is 1. The molecule has 2 aromatic carbocycles. The number of aromatic nitrogens is 3. The smallest absolute Gasteiger partial charge is 0.346 e. The molecule has 3 aromatic rings. The lowest BCUT2D eigenvalue weighted by atomic mass is 10.1. The molecule has 0 aliphatic heterocycles. The summed E-state index contributed by atoms with van der Waals surface area (Å²) in [6.07, 6.45) is 4.04. The Bertz CT molecular complexity index is 1370. The van der Waals surface area contributed by atoms with Crippen LogP contribution in [0, 0.1) is 6.92 Å². The van der Waals surface area contributed by atoms with Crippen LogP contribution in [0.4, 0.5) is 0 Å². The summed E-state index contributed by atoms with van der Waals surface area (Å²) < 4.78 is 33.7. The van der Waals surface area contributed by atoms with Crippen LogP contribution >= 0.6 is 0 Å². The first kappa shape index (κ1) is 28.2. The molecule has 0 saturated carbocycles. The first-order valence-corrected chi connectivity index (χ1v) is 14.3. The second kappa shape index (κ2) is 11.8. The maximum atomic E-state index is 12.9. The molecule has 1 amide bonds. The van der Waals surface area contributed by atoms with E-state index in [0.29, 0.717) is 25.3 Å². The van der Waals surface area contributed by atoms with Crippen LogP contribution < -0.4 is 15.1 Å². The van der Waals surface area contributed by atoms with Crippen molar-refractivity contribution in [3.63, 3.8) is 0 Å². The molecule has 0 unspecified atom stereocenters. The van der Waals surface area contributed by atoms with Gasteiger partial charge in [0.05, 0.1) is 12.8 Å². The van der Waals surface area contributed by atoms with E-state index in [2.05, 4.69) is 5.10 Å². The van der Waals surface area contributed by atoms with Crippen molar-refractivity contribution in [2.24, 2.45) is 0 Å². The summed E-state index contributed by atoms with van der Waals surface area (Å²) in [5, 5.41) is 4.64. The van der Waals surface area contributed by atoms with Crippen LogP contribution in [0.1, 0.15) is 56.1 Å². The number of hydrogen-bond donors (Lipinski definition) is 1. The van der Waals surface area contributed by atoms with Gasteiger partial charge in [0, 0.05) is 13.0 Å². The maximum absolute atomic E-state index is 12.9. The molecule has 0 saturated heterocycles. The number of amides is 1. The molecule has 0 atom stereocenters. The zero-order chi connectivity index (χ0) is 27.2. The highest BCUT2D eigenvalue weighted by molar-refractivity contribution is 7.89. The Morgan fingerprint density at radius 2 is 1.65 bits per heavy atom. The summed E-state index contributed by atoms with van der Waals surface area (Å²) >= 11 is 0. The van der Waals surface area contributed by atoms with Crippen molar-refractivity contribution in [3.8, 4) is 5.75 Å². The Kier molecular flexibility index (Phi) is 8.96. The molecule has 9 nitrogen and oxygen atoms in total. The van der Waals surface area contributed by atoms with E-state index in [1.165, 1.54) is 19.4 Å². The SMILES string of the molecule is CCCn1c(CCCc2ccc(OC(C)(C)C(=O)NS(C)(=O)=O)cc2)nn(Cc2ccc(C)cc2)c1=O. The van der Waals surface area contributed by atoms with Gasteiger partial charge in [-0.3, -0.25) is 9.36 Å². The highest BCUT2D eigenvalue weighted by Gasteiger charge is 2.32. The minimum Gasteiger partial charge on any atom is -0.478 e. The monoisotopic (exact) mass is 528 g/mol. The highest BCUT2D eigenvalue weighted by Crippen LogP contribution is 2.20. The number of aryl methyl sites for hydroxylation is 3. The van der Waals surface area contributed by atoms with Gasteiger partial charge in [-0.25, -0.2) is 22.6 Å². The van der Waals surface area contributed by atoms with Crippen molar-refractivity contribution in [3.05, 3.63) is 81.5 Å². The zero-order valence-electron chi connectivity index (χ0n) is 22.2. The second-order valence-corrected chi connectivity index (χ2v) is 11.6. The molecule has 0 aliphatic carbocycles. The Balaban J connectivity index is 1.61. The summed E-state index contributed by atoms with van der Waals surface area (Å²) in [6.45, 7) is 8.18. The fourth-order valence-electron chi connectivity index (χ4n) is 3.90. The van der Waals surface area contributed by atoms with Crippen LogP contribution in [0.25, 0.3) is 0 Å². The fourth-order valence-corrected chi connectivity index (χ4v) is 4.48. The van der Waals surface area contributed by atoms with Crippen LogP contribution in [0.5, 0.6) is 5.75 Å². The molecule has 0 spiro atoms. The average Bonchev–Trinajstić information content (AvgIpc) is 3.10. The number of carbonyl (C=O) groups excluding carboxylic acids is 1. The summed E-state index contributed by atoms with van der Waals surface area (Å²) in [7, 11) is -3.67. The van der Waals surface area contributed by atoms with Gasteiger partial charge in [0.1, 0.15) is 11.6 Å². The third-order valence-electron chi connectivity index (χ3n) is 5.89. The van der Waals surface area contributed by atoms with Gasteiger partial charge >= 0.3 is 5.69 Å². The molecular weight excluding hydrogens is 492 g/mol. The number of hydrogen-bond acceptors (Lipinski definition) is 6. The lowest BCUT2D eigenvalue weighted by Crippen LogP contribution is -2.48. The zero-order valence-corrected chi connectivity index (χ0v) is 23.0. The largest absolute Gasteiger partial charge is 0.478 e. The fraction of sp³-hybridized carbons (Fsp3) is 0.444. The summed E-state index contributed by atoms with van der Waals surface area (Å²) in [4.78, 5) is 25.1. The molecule has 10 heteroatoms. The molecule has 3 rings (SSSR count). The van der Waals surface area contributed by atoms with Gasteiger partial charge in [0.15, 0.2) is 5.60 Å². The van der Waals surface area contributed by atoms with E-state index in [1.807, 2.05) is 55.0 Å². The van der Waals surface area contributed by atoms with Gasteiger partial charge < -0.3 is 4.74 Å². The normalized spacial score (nSPS) is 11.9. The van der Waals surface area contributed by atoms with Gasteiger partial charge in [-0.1, -0.05) is 48.9 Å². The molecule has 1 N–H and O–H groups in total. The van der Waals surface area contributed by atoms with E-state index in [0.717, 1.165) is 42.5 Å². The maximum Gasteiger partial charge on any atom is 0.346 e. The molecule has 0 aliphatic rings. The molecule has 37 heavy (non-hydrogen) atoms. The summed E-state index contributed by atoms with van der Waals surface area (Å²) in [6, 6.07) is 15.4. The first-order chi connectivity index (χ1) is 17.4. The van der Waals surface area contributed by atoms with Crippen LogP contribution in [0.3, 0.4) is 0 Å². The van der Waals surface area contributed by atoms with E-state index in [9.17, 15) is 18.0 Å². The number of rotatable bonds is 12. The number of nitrogens with zero attached hydrogens (tertiary/aromatic N) is 3. The van der Waals surface area contributed by atoms with E-state index in [4.69, 9.17) is 4.74 Å². The number of ether oxygens (including phenoxy) is 1. The minimum absolute atomic E-state index is 0.0820. The first-order valence-electron chi connectivity index (χ1n) is 12.4. The van der Waals surface area contributed by atoms with Crippen molar-refractivity contribution in [2.75, 3.05) is 6.26 Å². The molecule has 1 heterocycles. The van der Waals surface area contributed by atoms with E-state index < -0.39 is 21.5 Å². The van der Waals surface area contributed by atoms with Crippen molar-refractivity contribution in [1.29, 1.82) is 0 Å². The van der Waals surface area contributed by atoms with Crippen molar-refractivity contribution < 1.29 is 17.9 Å². The van der Waals surface area contributed by atoms with Crippen LogP contribution in [-0.2, 0) is 40.7 Å². The third-order valence-corrected chi connectivity index (χ3v) is 6.44. The lowest BCUT2D eigenvalue weighted by molar-refractivity contribution is -0.132. The van der Waals surface area contributed by atoms with Crippen molar-refractivity contribution in [1.82, 2.24) is 19.1 Å². The van der Waals surface area contributed by atoms with Gasteiger partial charge in [-0.2, -0.15) is 5.10 Å². The molecular formula is C27H36N4O5S. The Hall–Kier alpha value is -3.40. The minimum atomic E-state index is -3.67. The van der Waals surface area contributed by atoms with E-state index >= 15 is 0 Å². The standard InChI is InChI=1S/C27H36N4O5S/c1-6-18-30-24(28-31(26(30)33)19-22-12-10-20(2)11-13-22)9-7-8-21-14-16-23(17-15-21)36-27(3,4)25(32)29-37(5,34)35/h10-17H,6-9,18-19H2,1-5H3,(H,29,32). The quantitative estimate of drug-likeness (QED) is 0.386. The van der Waals surface area contributed by atoms with Gasteiger partial charge in [0.25, 0.3) is 5.91 Å². The van der Waals surface area contributed by atoms with E-state index in [-0.39, 0.29) is 5.69 Å². The predicted octanol–water partition coefficient (Wildman–Crippen LogP) is 3.22. The highest BCUT2D eigenvalue weighted by atomic mass is 32.2. The number of sulfonamides is 1.